The van der Waals surface area contributed by atoms with E-state index in [2.05, 4.69) is 18.0 Å². The van der Waals surface area contributed by atoms with Crippen molar-refractivity contribution >= 4 is 0 Å². The van der Waals surface area contributed by atoms with Gasteiger partial charge >= 0.3 is 0 Å². The number of nitrogens with zero attached hydrogens (tertiary/aromatic N) is 2. The van der Waals surface area contributed by atoms with Gasteiger partial charge in [-0.2, -0.15) is 0 Å². The molecule has 3 aliphatic rings. The zero-order chi connectivity index (χ0) is 12.4. The van der Waals surface area contributed by atoms with Gasteiger partial charge in [-0.3, -0.25) is 4.98 Å². The van der Waals surface area contributed by atoms with Crippen molar-refractivity contribution < 1.29 is 0 Å². The van der Waals surface area contributed by atoms with E-state index in [-0.39, 0.29) is 6.04 Å². The van der Waals surface area contributed by atoms with Crippen LogP contribution in [-0.4, -0.2) is 30.0 Å². The number of hydrogen-bond acceptors (Lipinski definition) is 3. The lowest BCUT2D eigenvalue weighted by Crippen LogP contribution is -2.47. The molecule has 2 aliphatic carbocycles. The summed E-state index contributed by atoms with van der Waals surface area (Å²) in [6.45, 7) is 2.37. The summed E-state index contributed by atoms with van der Waals surface area (Å²) in [7, 11) is 2.22. The Bertz CT molecular complexity index is 484. The lowest BCUT2D eigenvalue weighted by Gasteiger charge is -2.45. The molecule has 1 atom stereocenters. The van der Waals surface area contributed by atoms with Crippen molar-refractivity contribution in [2.45, 2.75) is 37.1 Å². The fraction of sp³-hybridized carbons (Fsp3) is 0.667. The van der Waals surface area contributed by atoms with E-state index >= 15 is 0 Å². The SMILES string of the molecule is CN1CCC2(CC1)[C@H](N)c1cccnc1C21CC1. The second-order valence-electron chi connectivity index (χ2n) is 6.46. The van der Waals surface area contributed by atoms with E-state index in [1.54, 1.807) is 0 Å². The van der Waals surface area contributed by atoms with Gasteiger partial charge in [0.15, 0.2) is 0 Å². The quantitative estimate of drug-likeness (QED) is 0.756. The molecule has 2 heterocycles. The van der Waals surface area contributed by atoms with Gasteiger partial charge in [0.1, 0.15) is 0 Å². The smallest absolute Gasteiger partial charge is 0.0519 e. The van der Waals surface area contributed by atoms with Gasteiger partial charge in [0.25, 0.3) is 0 Å². The van der Waals surface area contributed by atoms with Crippen LogP contribution in [0.4, 0.5) is 0 Å². The van der Waals surface area contributed by atoms with Crippen LogP contribution in [0.25, 0.3) is 0 Å². The maximum absolute atomic E-state index is 6.66. The molecule has 2 spiro atoms. The van der Waals surface area contributed by atoms with Crippen molar-refractivity contribution in [2.24, 2.45) is 11.1 Å². The number of rotatable bonds is 0. The number of fused-ring (bicyclic) bond motifs is 3. The molecule has 0 bridgehead atoms. The summed E-state index contributed by atoms with van der Waals surface area (Å²) in [6.07, 6.45) is 7.02. The molecule has 0 unspecified atom stereocenters. The van der Waals surface area contributed by atoms with Crippen LogP contribution in [0.5, 0.6) is 0 Å². The number of aromatic nitrogens is 1. The van der Waals surface area contributed by atoms with Crippen LogP contribution in [-0.2, 0) is 5.41 Å². The minimum absolute atomic E-state index is 0.206. The number of piperidine rings is 1. The van der Waals surface area contributed by atoms with Crippen molar-refractivity contribution in [3.8, 4) is 0 Å². The van der Waals surface area contributed by atoms with Crippen LogP contribution in [0, 0.1) is 5.41 Å². The van der Waals surface area contributed by atoms with Gasteiger partial charge in [-0.05, 0) is 57.5 Å². The highest BCUT2D eigenvalue weighted by atomic mass is 15.1. The average Bonchev–Trinajstić information content (AvgIpc) is 3.18. The molecule has 1 saturated heterocycles. The zero-order valence-corrected chi connectivity index (χ0v) is 11.0. The Morgan fingerprint density at radius 1 is 1.28 bits per heavy atom. The lowest BCUT2D eigenvalue weighted by atomic mass is 9.65. The summed E-state index contributed by atoms with van der Waals surface area (Å²) in [5.41, 5.74) is 9.97. The molecular formula is C15H21N3. The minimum Gasteiger partial charge on any atom is -0.323 e. The third-order valence-electron chi connectivity index (χ3n) is 5.80. The normalized spacial score (nSPS) is 31.8. The van der Waals surface area contributed by atoms with Gasteiger partial charge in [0.2, 0.25) is 0 Å². The highest BCUT2D eigenvalue weighted by Crippen LogP contribution is 2.71. The predicted octanol–water partition coefficient (Wildman–Crippen LogP) is 1.84. The third-order valence-corrected chi connectivity index (χ3v) is 5.80. The lowest BCUT2D eigenvalue weighted by molar-refractivity contribution is 0.0674. The van der Waals surface area contributed by atoms with Crippen molar-refractivity contribution in [3.05, 3.63) is 29.6 Å². The third kappa shape index (κ3) is 1.10. The van der Waals surface area contributed by atoms with Gasteiger partial charge in [-0.1, -0.05) is 6.07 Å². The summed E-state index contributed by atoms with van der Waals surface area (Å²) in [4.78, 5) is 7.13. The summed E-state index contributed by atoms with van der Waals surface area (Å²) >= 11 is 0. The Morgan fingerprint density at radius 3 is 2.67 bits per heavy atom. The fourth-order valence-corrected chi connectivity index (χ4v) is 4.57. The van der Waals surface area contributed by atoms with Crippen LogP contribution >= 0.6 is 0 Å². The summed E-state index contributed by atoms with van der Waals surface area (Å²) < 4.78 is 0. The summed E-state index contributed by atoms with van der Waals surface area (Å²) in [5.74, 6) is 0. The molecule has 1 saturated carbocycles. The first-order valence-electron chi connectivity index (χ1n) is 7.09. The number of likely N-dealkylation sites (tertiary alicyclic amines) is 1. The molecule has 2 fully saturated rings. The molecule has 2 N–H and O–H groups in total. The van der Waals surface area contributed by atoms with Gasteiger partial charge in [0.05, 0.1) is 5.69 Å². The van der Waals surface area contributed by atoms with Crippen LogP contribution in [0.2, 0.25) is 0 Å². The average molecular weight is 243 g/mol. The molecule has 4 rings (SSSR count). The first-order valence-corrected chi connectivity index (χ1v) is 7.09. The molecule has 1 aliphatic heterocycles. The Labute approximate surface area is 108 Å². The fourth-order valence-electron chi connectivity index (χ4n) is 4.57. The summed E-state index contributed by atoms with van der Waals surface area (Å²) in [6, 6.07) is 4.46. The molecule has 1 aromatic rings. The first-order chi connectivity index (χ1) is 8.70. The van der Waals surface area contributed by atoms with Crippen LogP contribution in [0.15, 0.2) is 18.3 Å². The van der Waals surface area contributed by atoms with E-state index in [0.717, 1.165) is 0 Å². The van der Waals surface area contributed by atoms with Crippen molar-refractivity contribution in [3.63, 3.8) is 0 Å². The molecule has 0 radical (unpaired) electrons. The Kier molecular flexibility index (Phi) is 2.03. The molecule has 3 heteroatoms. The maximum atomic E-state index is 6.66. The molecule has 96 valence electrons. The predicted molar refractivity (Wildman–Crippen MR) is 71.2 cm³/mol. The Morgan fingerprint density at radius 2 is 2.00 bits per heavy atom. The van der Waals surface area contributed by atoms with Gasteiger partial charge < -0.3 is 10.6 Å². The first kappa shape index (κ1) is 10.9. The van der Waals surface area contributed by atoms with E-state index in [9.17, 15) is 0 Å². The second kappa shape index (κ2) is 3.34. The van der Waals surface area contributed by atoms with Crippen LogP contribution in [0.3, 0.4) is 0 Å². The van der Waals surface area contributed by atoms with Crippen molar-refractivity contribution in [1.82, 2.24) is 9.88 Å². The molecule has 0 aromatic carbocycles. The van der Waals surface area contributed by atoms with E-state index in [0.29, 0.717) is 10.8 Å². The Hall–Kier alpha value is -0.930. The van der Waals surface area contributed by atoms with E-state index in [1.165, 1.54) is 50.0 Å². The number of nitrogens with two attached hydrogens (primary N) is 1. The molecular weight excluding hydrogens is 222 g/mol. The highest BCUT2D eigenvalue weighted by molar-refractivity contribution is 5.46. The standard InChI is InChI=1S/C15H21N3/c1-18-9-6-14(7-10-18)12(16)11-3-2-8-17-13(11)15(14)4-5-15/h2-3,8,12H,4-7,9-10,16H2,1H3/t12-/m1/s1. The van der Waals surface area contributed by atoms with Gasteiger partial charge in [-0.25, -0.2) is 0 Å². The van der Waals surface area contributed by atoms with Gasteiger partial charge in [0, 0.05) is 23.1 Å². The van der Waals surface area contributed by atoms with Crippen LogP contribution in [0.1, 0.15) is 43.0 Å². The second-order valence-corrected chi connectivity index (χ2v) is 6.46. The van der Waals surface area contributed by atoms with E-state index in [1.807, 2.05) is 12.3 Å². The number of pyridine rings is 1. The van der Waals surface area contributed by atoms with Crippen molar-refractivity contribution in [2.75, 3.05) is 20.1 Å². The topological polar surface area (TPSA) is 42.1 Å². The molecule has 1 aromatic heterocycles. The summed E-state index contributed by atoms with van der Waals surface area (Å²) in [5, 5.41) is 0. The van der Waals surface area contributed by atoms with E-state index < -0.39 is 0 Å². The zero-order valence-electron chi connectivity index (χ0n) is 11.0. The van der Waals surface area contributed by atoms with Gasteiger partial charge in [-0.15, -0.1) is 0 Å². The minimum atomic E-state index is 0.206. The largest absolute Gasteiger partial charge is 0.323 e. The maximum Gasteiger partial charge on any atom is 0.0519 e. The highest BCUT2D eigenvalue weighted by Gasteiger charge is 2.68. The van der Waals surface area contributed by atoms with E-state index in [4.69, 9.17) is 10.7 Å². The monoisotopic (exact) mass is 243 g/mol. The Balaban J connectivity index is 1.83. The number of hydrogen-bond donors (Lipinski definition) is 1. The van der Waals surface area contributed by atoms with Crippen molar-refractivity contribution in [1.29, 1.82) is 0 Å². The van der Waals surface area contributed by atoms with Crippen LogP contribution < -0.4 is 5.73 Å². The molecule has 3 nitrogen and oxygen atoms in total. The molecule has 18 heavy (non-hydrogen) atoms. The molecule has 0 amide bonds.